The Bertz CT molecular complexity index is 1420. The molecule has 0 saturated carbocycles. The second kappa shape index (κ2) is 10.4. The number of aromatic nitrogens is 3. The summed E-state index contributed by atoms with van der Waals surface area (Å²) in [4.78, 5) is 19.4. The van der Waals surface area contributed by atoms with Crippen LogP contribution in [0.15, 0.2) is 78.7 Å². The normalized spacial score (nSPS) is 11.1. The van der Waals surface area contributed by atoms with Gasteiger partial charge < -0.3 is 14.4 Å². The molecule has 169 valence electrons. The van der Waals surface area contributed by atoms with Crippen molar-refractivity contribution in [2.75, 3.05) is 7.11 Å². The van der Waals surface area contributed by atoms with E-state index in [1.54, 1.807) is 7.11 Å². The zero-order valence-corrected chi connectivity index (χ0v) is 20.8. The zero-order valence-electron chi connectivity index (χ0n) is 18.4. The molecule has 0 saturated heterocycles. The molecule has 0 atom stereocenters. The van der Waals surface area contributed by atoms with Gasteiger partial charge in [-0.3, -0.25) is 4.79 Å². The van der Waals surface area contributed by atoms with Crippen molar-refractivity contribution < 1.29 is 34.7 Å². The quantitative estimate of drug-likeness (QED) is 0.163. The maximum absolute atomic E-state index is 10.0. The maximum Gasteiger partial charge on any atom is 0.155 e. The van der Waals surface area contributed by atoms with Gasteiger partial charge in [0.2, 0.25) is 0 Å². The van der Waals surface area contributed by atoms with Crippen molar-refractivity contribution in [2.45, 2.75) is 13.8 Å². The van der Waals surface area contributed by atoms with E-state index in [0.29, 0.717) is 0 Å². The molecular weight excluding hydrogens is 595 g/mol. The molecule has 1 N–H and O–H groups in total. The topological polar surface area (TPSA) is 77.2 Å². The van der Waals surface area contributed by atoms with E-state index in [1.807, 2.05) is 48.7 Å². The summed E-state index contributed by atoms with van der Waals surface area (Å²) >= 11 is 0. The Morgan fingerprint density at radius 3 is 2.58 bits per heavy atom. The van der Waals surface area contributed by atoms with Gasteiger partial charge in [0.25, 0.3) is 0 Å². The number of carbonyl (C=O) groups is 1. The molecule has 3 heterocycles. The fraction of sp³-hybridized carbons (Fsp3) is 0.115. The van der Waals surface area contributed by atoms with Crippen molar-refractivity contribution >= 4 is 38.6 Å². The number of hydrogen-bond donors (Lipinski definition) is 1. The monoisotopic (exact) mass is 617 g/mol. The predicted molar refractivity (Wildman–Crippen MR) is 126 cm³/mol. The molecule has 5 rings (SSSR count). The van der Waals surface area contributed by atoms with Crippen molar-refractivity contribution in [1.82, 2.24) is 14.5 Å². The van der Waals surface area contributed by atoms with Crippen LogP contribution in [0, 0.1) is 6.07 Å². The van der Waals surface area contributed by atoms with Gasteiger partial charge in [0.05, 0.1) is 18.4 Å². The molecule has 0 unspecified atom stereocenters. The first kappa shape index (κ1) is 24.1. The van der Waals surface area contributed by atoms with E-state index >= 15 is 0 Å². The van der Waals surface area contributed by atoms with E-state index in [4.69, 9.17) is 14.8 Å². The van der Waals surface area contributed by atoms with Gasteiger partial charge in [-0.15, -0.1) is 5.39 Å². The minimum absolute atomic E-state index is 0. The third-order valence-electron chi connectivity index (χ3n) is 4.87. The van der Waals surface area contributed by atoms with Gasteiger partial charge in [0.1, 0.15) is 17.2 Å². The third-order valence-corrected chi connectivity index (χ3v) is 4.87. The Balaban J connectivity index is 0.000000337. The van der Waals surface area contributed by atoms with Crippen LogP contribution in [-0.4, -0.2) is 32.5 Å². The van der Waals surface area contributed by atoms with Gasteiger partial charge in [0, 0.05) is 37.8 Å². The molecule has 33 heavy (non-hydrogen) atoms. The largest absolute Gasteiger partial charge is 0.512 e. The number of methoxy groups -OCH3 is 1. The van der Waals surface area contributed by atoms with Gasteiger partial charge in [-0.2, -0.15) is 24.3 Å². The Labute approximate surface area is 204 Å². The number of allylic oxidation sites excluding steroid dienone is 2. The van der Waals surface area contributed by atoms with Crippen molar-refractivity contribution in [3.05, 3.63) is 84.8 Å². The third kappa shape index (κ3) is 5.11. The van der Waals surface area contributed by atoms with Crippen LogP contribution in [0.4, 0.5) is 0 Å². The van der Waals surface area contributed by atoms with E-state index in [1.165, 1.54) is 19.9 Å². The molecule has 0 bridgehead atoms. The fourth-order valence-corrected chi connectivity index (χ4v) is 3.58. The summed E-state index contributed by atoms with van der Waals surface area (Å²) in [5.41, 5.74) is 2.79. The smallest absolute Gasteiger partial charge is 0.155 e. The van der Waals surface area contributed by atoms with Crippen molar-refractivity contribution in [1.29, 1.82) is 0 Å². The van der Waals surface area contributed by atoms with Gasteiger partial charge in [0.15, 0.2) is 5.78 Å². The summed E-state index contributed by atoms with van der Waals surface area (Å²) in [6, 6.07) is 23.4. The number of ether oxygens (including phenoxy) is 1. The van der Waals surface area contributed by atoms with Crippen LogP contribution < -0.4 is 4.74 Å². The molecule has 0 fully saturated rings. The number of benzene rings is 2. The second-order valence-corrected chi connectivity index (χ2v) is 7.27. The number of pyridine rings is 2. The number of aliphatic hydroxyl groups is 1. The van der Waals surface area contributed by atoms with Crippen molar-refractivity contribution in [3.63, 3.8) is 0 Å². The number of nitrogens with zero attached hydrogens (tertiary/aromatic N) is 3. The zero-order chi connectivity index (χ0) is 22.7. The van der Waals surface area contributed by atoms with Gasteiger partial charge >= 0.3 is 0 Å². The van der Waals surface area contributed by atoms with E-state index in [2.05, 4.69) is 33.8 Å². The summed E-state index contributed by atoms with van der Waals surface area (Å²) in [5, 5.41) is 11.6. The van der Waals surface area contributed by atoms with E-state index < -0.39 is 0 Å². The average molecular weight is 617 g/mol. The van der Waals surface area contributed by atoms with Crippen LogP contribution in [0.1, 0.15) is 13.8 Å². The van der Waals surface area contributed by atoms with Crippen LogP contribution in [0.2, 0.25) is 0 Å². The molecule has 7 heteroatoms. The number of ketones is 1. The minimum Gasteiger partial charge on any atom is -0.512 e. The van der Waals surface area contributed by atoms with E-state index in [-0.39, 0.29) is 31.6 Å². The molecule has 0 amide bonds. The fourth-order valence-electron chi connectivity index (χ4n) is 3.58. The van der Waals surface area contributed by atoms with Gasteiger partial charge in [-0.05, 0) is 55.6 Å². The van der Waals surface area contributed by atoms with Crippen LogP contribution >= 0.6 is 0 Å². The molecule has 0 aliphatic rings. The number of rotatable bonds is 3. The van der Waals surface area contributed by atoms with Crippen LogP contribution in [-0.2, 0) is 24.9 Å². The van der Waals surface area contributed by atoms with Gasteiger partial charge in [-0.1, -0.05) is 11.6 Å². The molecule has 1 radical (unpaired) electrons. The first-order valence-corrected chi connectivity index (χ1v) is 10.1. The van der Waals surface area contributed by atoms with Crippen molar-refractivity contribution in [2.24, 2.45) is 0 Å². The standard InChI is InChI=1S/C21H14N3O.C5H8O2.Ir/c1-25-15-9-10-18-14(13-15)8-11-20(23-18)24-19-7-3-2-5-16(19)17-6-4-12-22-21(17)24;1-4(6)3-5(2)7;/h2-6,8-13H,1H3;3,6H,1-2H3;/q-1;;/b;4-3-;. The van der Waals surface area contributed by atoms with Gasteiger partial charge in [-0.25, -0.2) is 9.97 Å². The molecular formula is C26H22IrN3O3-. The Kier molecular flexibility index (Phi) is 7.59. The molecule has 0 aliphatic carbocycles. The molecule has 5 aromatic rings. The van der Waals surface area contributed by atoms with Crippen LogP contribution in [0.3, 0.4) is 0 Å². The number of hydrogen-bond acceptors (Lipinski definition) is 5. The number of para-hydroxylation sites is 1. The molecule has 0 spiro atoms. The van der Waals surface area contributed by atoms with Crippen molar-refractivity contribution in [3.8, 4) is 11.6 Å². The first-order valence-electron chi connectivity index (χ1n) is 10.1. The first-order chi connectivity index (χ1) is 15.5. The second-order valence-electron chi connectivity index (χ2n) is 7.27. The predicted octanol–water partition coefficient (Wildman–Crippen LogP) is 5.57. The van der Waals surface area contributed by atoms with Crippen LogP contribution in [0.25, 0.3) is 38.7 Å². The minimum atomic E-state index is -0.125. The number of aliphatic hydroxyl groups excluding tert-OH is 1. The summed E-state index contributed by atoms with van der Waals surface area (Å²) in [7, 11) is 1.67. The summed E-state index contributed by atoms with van der Waals surface area (Å²) in [5.74, 6) is 1.60. The Morgan fingerprint density at radius 1 is 1.09 bits per heavy atom. The number of carbonyl (C=O) groups excluding carboxylic acids is 1. The maximum atomic E-state index is 10.0. The Hall–Kier alpha value is -3.54. The average Bonchev–Trinajstić information content (AvgIpc) is 3.12. The SMILES string of the molecule is CC(=O)/C=C(/C)O.COc1ccc2nc(-n3c4[c-]cccc4c4cccnc43)ccc2c1.[Ir]. The summed E-state index contributed by atoms with van der Waals surface area (Å²) in [6.07, 6.45) is 2.98. The summed E-state index contributed by atoms with van der Waals surface area (Å²) < 4.78 is 7.36. The summed E-state index contributed by atoms with van der Waals surface area (Å²) in [6.45, 7) is 2.85. The molecule has 3 aromatic heterocycles. The molecule has 0 aliphatic heterocycles. The Morgan fingerprint density at radius 2 is 1.88 bits per heavy atom. The van der Waals surface area contributed by atoms with E-state index in [0.717, 1.165) is 44.4 Å². The molecule has 6 nitrogen and oxygen atoms in total. The van der Waals surface area contributed by atoms with Crippen LogP contribution in [0.5, 0.6) is 5.75 Å². The van der Waals surface area contributed by atoms with E-state index in [9.17, 15) is 4.79 Å². The number of fused-ring (bicyclic) bond motifs is 4. The molecule has 2 aromatic carbocycles.